The van der Waals surface area contributed by atoms with E-state index in [0.717, 1.165) is 34.6 Å². The number of hydrogen-bond donors (Lipinski definition) is 1. The summed E-state index contributed by atoms with van der Waals surface area (Å²) >= 11 is 1.50. The lowest BCUT2D eigenvalue weighted by atomic mass is 10.1. The zero-order valence-corrected chi connectivity index (χ0v) is 21.5. The zero-order chi connectivity index (χ0) is 24.9. The lowest BCUT2D eigenvalue weighted by Crippen LogP contribution is -2.34. The number of nitrogens with zero attached hydrogens (tertiary/aromatic N) is 1. The number of thioether (sulfide) groups is 1. The van der Waals surface area contributed by atoms with E-state index in [0.29, 0.717) is 17.0 Å². The summed E-state index contributed by atoms with van der Waals surface area (Å²) in [6.07, 6.45) is 8.96. The van der Waals surface area contributed by atoms with E-state index in [2.05, 4.69) is 36.5 Å². The number of benzene rings is 3. The highest BCUT2D eigenvalue weighted by atomic mass is 32.2. The van der Waals surface area contributed by atoms with Crippen LogP contribution >= 0.6 is 11.8 Å². The van der Waals surface area contributed by atoms with E-state index < -0.39 is 0 Å². The molecule has 0 radical (unpaired) electrons. The summed E-state index contributed by atoms with van der Waals surface area (Å²) in [6, 6.07) is 24.2. The molecule has 0 bridgehead atoms. The Bertz CT molecular complexity index is 1270. The molecule has 4 nitrogen and oxygen atoms in total. The molecule has 1 aliphatic carbocycles. The van der Waals surface area contributed by atoms with E-state index >= 15 is 0 Å². The average molecular weight is 497 g/mol. The van der Waals surface area contributed by atoms with Crippen LogP contribution in [0, 0.1) is 6.92 Å². The second kappa shape index (κ2) is 11.2. The van der Waals surface area contributed by atoms with Gasteiger partial charge in [0.15, 0.2) is 0 Å². The molecular weight excluding hydrogens is 464 g/mol. The third-order valence-corrected chi connectivity index (χ3v) is 7.99. The van der Waals surface area contributed by atoms with E-state index in [1.165, 1.54) is 43.0 Å². The number of anilines is 1. The van der Waals surface area contributed by atoms with Crippen molar-refractivity contribution in [3.05, 3.63) is 100.0 Å². The van der Waals surface area contributed by atoms with Gasteiger partial charge >= 0.3 is 0 Å². The maximum absolute atomic E-state index is 13.6. The van der Waals surface area contributed by atoms with Gasteiger partial charge in [-0.05, 0) is 61.2 Å². The molecule has 0 atom stereocenters. The molecule has 184 valence electrons. The van der Waals surface area contributed by atoms with Crippen LogP contribution in [0.1, 0.15) is 65.6 Å². The van der Waals surface area contributed by atoms with Crippen LogP contribution in [0.5, 0.6) is 0 Å². The van der Waals surface area contributed by atoms with E-state index in [-0.39, 0.29) is 17.9 Å². The Kier molecular flexibility index (Phi) is 7.57. The normalized spacial score (nSPS) is 17.5. The average Bonchev–Trinajstić information content (AvgIpc) is 3.15. The molecule has 3 aromatic rings. The molecule has 5 rings (SSSR count). The van der Waals surface area contributed by atoms with Gasteiger partial charge in [0.2, 0.25) is 0 Å². The van der Waals surface area contributed by atoms with E-state index in [1.54, 1.807) is 0 Å². The van der Waals surface area contributed by atoms with Crippen molar-refractivity contribution >= 4 is 35.3 Å². The van der Waals surface area contributed by atoms with Gasteiger partial charge in [-0.15, -0.1) is 0 Å². The first kappa shape index (κ1) is 24.4. The van der Waals surface area contributed by atoms with Gasteiger partial charge < -0.3 is 10.2 Å². The molecule has 0 saturated heterocycles. The number of amides is 2. The molecular formula is C31H32N2O2S. The molecule has 3 aromatic carbocycles. The molecule has 36 heavy (non-hydrogen) atoms. The summed E-state index contributed by atoms with van der Waals surface area (Å²) in [5, 5.41) is 3.21. The van der Waals surface area contributed by atoms with Gasteiger partial charge in [0.1, 0.15) is 0 Å². The highest BCUT2D eigenvalue weighted by Gasteiger charge is 2.29. The number of rotatable bonds is 5. The Morgan fingerprint density at radius 2 is 1.72 bits per heavy atom. The van der Waals surface area contributed by atoms with Crippen molar-refractivity contribution in [2.45, 2.75) is 62.9 Å². The first-order chi connectivity index (χ1) is 17.6. The maximum atomic E-state index is 13.6. The van der Waals surface area contributed by atoms with Crippen molar-refractivity contribution in [2.75, 3.05) is 4.90 Å². The van der Waals surface area contributed by atoms with E-state index in [9.17, 15) is 9.59 Å². The Morgan fingerprint density at radius 3 is 2.47 bits per heavy atom. The van der Waals surface area contributed by atoms with Crippen molar-refractivity contribution in [3.8, 4) is 0 Å². The number of aryl methyl sites for hydroxylation is 1. The van der Waals surface area contributed by atoms with E-state index in [1.807, 2.05) is 59.5 Å². The number of para-hydroxylation sites is 1. The number of carbonyl (C=O) groups is 2. The monoisotopic (exact) mass is 496 g/mol. The maximum Gasteiger partial charge on any atom is 0.265 e. The number of nitrogens with one attached hydrogen (secondary N) is 1. The zero-order valence-electron chi connectivity index (χ0n) is 20.7. The Hall–Kier alpha value is -3.31. The second-order valence-electron chi connectivity index (χ2n) is 9.74. The van der Waals surface area contributed by atoms with Crippen molar-refractivity contribution in [3.63, 3.8) is 0 Å². The highest BCUT2D eigenvalue weighted by molar-refractivity contribution is 8.04. The molecule has 0 aromatic heterocycles. The summed E-state index contributed by atoms with van der Waals surface area (Å²) in [7, 11) is 0. The van der Waals surface area contributed by atoms with Crippen LogP contribution in [0.25, 0.3) is 6.08 Å². The molecule has 0 unspecified atom stereocenters. The minimum absolute atomic E-state index is 0.00427. The van der Waals surface area contributed by atoms with Crippen LogP contribution in [-0.4, -0.2) is 17.9 Å². The summed E-state index contributed by atoms with van der Waals surface area (Å²) in [4.78, 5) is 29.9. The van der Waals surface area contributed by atoms with Crippen LogP contribution in [0.15, 0.2) is 82.6 Å². The van der Waals surface area contributed by atoms with Gasteiger partial charge in [-0.25, -0.2) is 0 Å². The van der Waals surface area contributed by atoms with Crippen LogP contribution in [0.3, 0.4) is 0 Å². The lowest BCUT2D eigenvalue weighted by molar-refractivity contribution is -0.114. The molecule has 1 N–H and O–H groups in total. The van der Waals surface area contributed by atoms with Crippen molar-refractivity contribution in [1.29, 1.82) is 0 Å². The van der Waals surface area contributed by atoms with Crippen LogP contribution in [0.4, 0.5) is 5.69 Å². The smallest absolute Gasteiger partial charge is 0.265 e. The summed E-state index contributed by atoms with van der Waals surface area (Å²) in [6.45, 7) is 2.59. The fourth-order valence-electron chi connectivity index (χ4n) is 4.99. The lowest BCUT2D eigenvalue weighted by Gasteiger charge is -2.30. The van der Waals surface area contributed by atoms with Crippen molar-refractivity contribution in [2.24, 2.45) is 0 Å². The van der Waals surface area contributed by atoms with Crippen LogP contribution in [0.2, 0.25) is 0 Å². The molecule has 2 aliphatic rings. The third kappa shape index (κ3) is 5.73. The van der Waals surface area contributed by atoms with Crippen molar-refractivity contribution in [1.82, 2.24) is 5.32 Å². The van der Waals surface area contributed by atoms with Crippen molar-refractivity contribution < 1.29 is 9.59 Å². The van der Waals surface area contributed by atoms with Crippen LogP contribution < -0.4 is 10.2 Å². The van der Waals surface area contributed by atoms with Gasteiger partial charge in [0.05, 0.1) is 17.1 Å². The van der Waals surface area contributed by atoms with Crippen LogP contribution in [-0.2, 0) is 11.3 Å². The molecule has 1 saturated carbocycles. The summed E-state index contributed by atoms with van der Waals surface area (Å²) in [5.74, 6) is -0.0159. The molecule has 1 aliphatic heterocycles. The Balaban J connectivity index is 1.34. The first-order valence-corrected chi connectivity index (χ1v) is 13.7. The number of hydrogen-bond acceptors (Lipinski definition) is 3. The summed E-state index contributed by atoms with van der Waals surface area (Å²) in [5.41, 5.74) is 4.80. The van der Waals surface area contributed by atoms with Gasteiger partial charge in [-0.2, -0.15) is 0 Å². The first-order valence-electron chi connectivity index (χ1n) is 12.8. The topological polar surface area (TPSA) is 49.4 Å². The number of carbonyl (C=O) groups excluding carboxylic acids is 2. The second-order valence-corrected chi connectivity index (χ2v) is 10.8. The Labute approximate surface area is 217 Å². The molecule has 1 fully saturated rings. The van der Waals surface area contributed by atoms with Gasteiger partial charge in [0.25, 0.3) is 11.8 Å². The minimum Gasteiger partial charge on any atom is -0.349 e. The van der Waals surface area contributed by atoms with Gasteiger partial charge in [0, 0.05) is 16.5 Å². The highest BCUT2D eigenvalue weighted by Crippen LogP contribution is 2.42. The fraction of sp³-hybridized carbons (Fsp3) is 0.290. The largest absolute Gasteiger partial charge is 0.349 e. The van der Waals surface area contributed by atoms with Gasteiger partial charge in [-0.1, -0.05) is 91.5 Å². The fourth-order valence-corrected chi connectivity index (χ4v) is 6.05. The summed E-state index contributed by atoms with van der Waals surface area (Å²) < 4.78 is 0. The van der Waals surface area contributed by atoms with E-state index in [4.69, 9.17) is 0 Å². The molecule has 0 spiro atoms. The molecule has 5 heteroatoms. The SMILES string of the molecule is Cc1cccc(CN2C(=O)/C(=C\c3ccc(C(=O)NC4CCCCCC4)cc3)Sc3ccccc32)c1. The minimum atomic E-state index is -0.0116. The predicted octanol–water partition coefficient (Wildman–Crippen LogP) is 7.13. The quantitative estimate of drug-likeness (QED) is 0.302. The number of fused-ring (bicyclic) bond motifs is 1. The molecule has 1 heterocycles. The Morgan fingerprint density at radius 1 is 0.972 bits per heavy atom. The predicted molar refractivity (Wildman–Crippen MR) is 148 cm³/mol. The third-order valence-electron chi connectivity index (χ3n) is 6.92. The molecule has 2 amide bonds. The van der Waals surface area contributed by atoms with Gasteiger partial charge in [-0.3, -0.25) is 9.59 Å². The standard InChI is InChI=1S/C31H32N2O2S/c1-22-9-8-10-24(19-22)21-33-27-13-6-7-14-28(27)36-29(31(33)35)20-23-15-17-25(18-16-23)30(34)32-26-11-4-2-3-5-12-26/h6-10,13-20,26H,2-5,11-12,21H2,1H3,(H,32,34)/b29-20+.